The van der Waals surface area contributed by atoms with Gasteiger partial charge in [-0.25, -0.2) is 8.78 Å². The molecule has 1 aromatic heterocycles. The summed E-state index contributed by atoms with van der Waals surface area (Å²) in [6.45, 7) is 4.02. The average Bonchev–Trinajstić information content (AvgIpc) is 2.85. The third-order valence-corrected chi connectivity index (χ3v) is 3.31. The quantitative estimate of drug-likeness (QED) is 0.763. The molecule has 1 aromatic carbocycles. The highest BCUT2D eigenvalue weighted by Gasteiger charge is 2.11. The summed E-state index contributed by atoms with van der Waals surface area (Å²) < 4.78 is 34.9. The second kappa shape index (κ2) is 6.69. The van der Waals surface area contributed by atoms with Gasteiger partial charge in [-0.2, -0.15) is 0 Å². The third-order valence-electron chi connectivity index (χ3n) is 2.48. The van der Waals surface area contributed by atoms with E-state index < -0.39 is 6.43 Å². The van der Waals surface area contributed by atoms with Crippen LogP contribution in [0.2, 0.25) is 0 Å². The minimum atomic E-state index is -2.40. The number of halogens is 2. The van der Waals surface area contributed by atoms with Crippen LogP contribution in [0.5, 0.6) is 5.75 Å². The molecule has 1 heterocycles. The fourth-order valence-electron chi connectivity index (χ4n) is 1.49. The lowest BCUT2D eigenvalue weighted by Gasteiger charge is -2.07. The predicted octanol–water partition coefficient (Wildman–Crippen LogP) is 3.62. The zero-order valence-corrected chi connectivity index (χ0v) is 11.9. The molecule has 2 aromatic rings. The number of hydrogen-bond acceptors (Lipinski definition) is 5. The Bertz CT molecular complexity index is 575. The van der Waals surface area contributed by atoms with Crippen LogP contribution in [0.15, 0.2) is 27.8 Å². The molecule has 0 radical (unpaired) electrons. The summed E-state index contributed by atoms with van der Waals surface area (Å²) in [6, 6.07) is 5.87. The number of aryl methyl sites for hydroxylation is 2. The van der Waals surface area contributed by atoms with Crippen molar-refractivity contribution in [3.63, 3.8) is 0 Å². The van der Waals surface area contributed by atoms with E-state index >= 15 is 0 Å². The number of thioether (sulfide) groups is 1. The highest BCUT2D eigenvalue weighted by molar-refractivity contribution is 7.99. The lowest BCUT2D eigenvalue weighted by molar-refractivity contribution is 0.176. The minimum Gasteiger partial charge on any atom is -0.484 e. The first kappa shape index (κ1) is 14.8. The number of ether oxygens (including phenoxy) is 1. The van der Waals surface area contributed by atoms with Gasteiger partial charge in [-0.1, -0.05) is 23.9 Å². The molecule has 0 bridgehead atoms. The van der Waals surface area contributed by atoms with Crippen LogP contribution < -0.4 is 4.74 Å². The van der Waals surface area contributed by atoms with Crippen molar-refractivity contribution < 1.29 is 17.9 Å². The fraction of sp³-hybridized carbons (Fsp3) is 0.385. The van der Waals surface area contributed by atoms with Gasteiger partial charge in [0.15, 0.2) is 6.61 Å². The van der Waals surface area contributed by atoms with Gasteiger partial charge in [0.05, 0.1) is 5.75 Å². The van der Waals surface area contributed by atoms with Crippen molar-refractivity contribution >= 4 is 11.8 Å². The predicted molar refractivity (Wildman–Crippen MR) is 71.3 cm³/mol. The smallest absolute Gasteiger partial charge is 0.276 e. The van der Waals surface area contributed by atoms with Gasteiger partial charge in [0.1, 0.15) is 5.75 Å². The number of aromatic nitrogens is 2. The van der Waals surface area contributed by atoms with Crippen LogP contribution in [-0.2, 0) is 6.61 Å². The first-order valence-corrected chi connectivity index (χ1v) is 6.96. The maximum absolute atomic E-state index is 12.0. The van der Waals surface area contributed by atoms with Crippen LogP contribution in [0.3, 0.4) is 0 Å². The molecule has 0 saturated heterocycles. The first-order chi connectivity index (χ1) is 9.54. The number of nitrogens with zero attached hydrogens (tertiary/aromatic N) is 2. The molecular formula is C13H14F2N2O2S. The van der Waals surface area contributed by atoms with E-state index in [4.69, 9.17) is 9.15 Å². The maximum Gasteiger partial charge on any atom is 0.276 e. The van der Waals surface area contributed by atoms with Gasteiger partial charge in [0.2, 0.25) is 6.43 Å². The minimum absolute atomic E-state index is 0.118. The Balaban J connectivity index is 1.92. The Kier molecular flexibility index (Phi) is 4.94. The fourth-order valence-corrected chi connectivity index (χ4v) is 2.01. The summed E-state index contributed by atoms with van der Waals surface area (Å²) in [5.41, 5.74) is 2.09. The van der Waals surface area contributed by atoms with Gasteiger partial charge >= 0.3 is 0 Å². The van der Waals surface area contributed by atoms with E-state index in [0.29, 0.717) is 0 Å². The van der Waals surface area contributed by atoms with Gasteiger partial charge in [0, 0.05) is 0 Å². The molecule has 7 heteroatoms. The van der Waals surface area contributed by atoms with Crippen molar-refractivity contribution in [2.75, 3.05) is 5.75 Å². The van der Waals surface area contributed by atoms with Crippen LogP contribution >= 0.6 is 11.8 Å². The van der Waals surface area contributed by atoms with Crippen LogP contribution in [0.25, 0.3) is 0 Å². The molecule has 0 atom stereocenters. The van der Waals surface area contributed by atoms with Gasteiger partial charge in [-0.05, 0) is 31.0 Å². The van der Waals surface area contributed by atoms with Crippen LogP contribution in [0.1, 0.15) is 17.0 Å². The molecule has 0 fully saturated rings. The van der Waals surface area contributed by atoms with Gasteiger partial charge in [-0.3, -0.25) is 0 Å². The lowest BCUT2D eigenvalue weighted by atomic mass is 10.1. The van der Waals surface area contributed by atoms with Crippen molar-refractivity contribution in [1.82, 2.24) is 10.2 Å². The lowest BCUT2D eigenvalue weighted by Crippen LogP contribution is -1.97. The summed E-state index contributed by atoms with van der Waals surface area (Å²) in [4.78, 5) is 0. The van der Waals surface area contributed by atoms with Crippen molar-refractivity contribution in [2.45, 2.75) is 32.1 Å². The van der Waals surface area contributed by atoms with Gasteiger partial charge < -0.3 is 9.15 Å². The number of rotatable bonds is 6. The number of hydrogen-bond donors (Lipinski definition) is 0. The van der Waals surface area contributed by atoms with E-state index in [-0.39, 0.29) is 23.5 Å². The van der Waals surface area contributed by atoms with Crippen LogP contribution in [0, 0.1) is 13.8 Å². The summed E-state index contributed by atoms with van der Waals surface area (Å²) in [5, 5.41) is 7.56. The molecule has 0 amide bonds. The third kappa shape index (κ3) is 4.19. The summed E-state index contributed by atoms with van der Waals surface area (Å²) >= 11 is 0.831. The van der Waals surface area contributed by atoms with E-state index in [1.54, 1.807) is 0 Å². The first-order valence-electron chi connectivity index (χ1n) is 5.98. The zero-order chi connectivity index (χ0) is 14.5. The van der Waals surface area contributed by atoms with E-state index in [2.05, 4.69) is 10.2 Å². The zero-order valence-electron chi connectivity index (χ0n) is 11.1. The number of benzene rings is 1. The average molecular weight is 300 g/mol. The molecule has 108 valence electrons. The van der Waals surface area contributed by atoms with Crippen LogP contribution in [-0.4, -0.2) is 22.4 Å². The summed E-state index contributed by atoms with van der Waals surface area (Å²) in [5.74, 6) is 0.645. The Hall–Kier alpha value is -1.63. The normalized spacial score (nSPS) is 11.1. The van der Waals surface area contributed by atoms with Gasteiger partial charge in [-0.15, -0.1) is 10.2 Å². The van der Waals surface area contributed by atoms with E-state index in [1.165, 1.54) is 0 Å². The van der Waals surface area contributed by atoms with E-state index in [9.17, 15) is 8.78 Å². The topological polar surface area (TPSA) is 48.2 Å². The Morgan fingerprint density at radius 1 is 1.30 bits per heavy atom. The Morgan fingerprint density at radius 3 is 2.85 bits per heavy atom. The maximum atomic E-state index is 12.0. The van der Waals surface area contributed by atoms with Crippen molar-refractivity contribution in [2.24, 2.45) is 0 Å². The number of alkyl halides is 2. The van der Waals surface area contributed by atoms with E-state index in [0.717, 1.165) is 28.6 Å². The molecule has 0 N–H and O–H groups in total. The van der Waals surface area contributed by atoms with Crippen molar-refractivity contribution in [1.29, 1.82) is 0 Å². The molecule has 0 spiro atoms. The molecule has 0 aliphatic rings. The highest BCUT2D eigenvalue weighted by atomic mass is 32.2. The standard InChI is InChI=1S/C13H14F2N2O2S/c1-8-3-4-9(2)10(5-8)18-6-12-16-17-13(19-12)20-7-11(14)15/h3-5,11H,6-7H2,1-2H3. The monoisotopic (exact) mass is 300 g/mol. The highest BCUT2D eigenvalue weighted by Crippen LogP contribution is 2.22. The van der Waals surface area contributed by atoms with Gasteiger partial charge in [0.25, 0.3) is 11.1 Å². The molecule has 20 heavy (non-hydrogen) atoms. The molecule has 2 rings (SSSR count). The van der Waals surface area contributed by atoms with Crippen molar-refractivity contribution in [3.05, 3.63) is 35.2 Å². The molecule has 0 aliphatic carbocycles. The SMILES string of the molecule is Cc1ccc(C)c(OCc2nnc(SCC(F)F)o2)c1. The molecular weight excluding hydrogens is 286 g/mol. The molecule has 0 saturated carbocycles. The molecule has 0 unspecified atom stereocenters. The molecule has 4 nitrogen and oxygen atoms in total. The summed E-state index contributed by atoms with van der Waals surface area (Å²) in [6.07, 6.45) is -2.40. The van der Waals surface area contributed by atoms with E-state index in [1.807, 2.05) is 32.0 Å². The Morgan fingerprint density at radius 2 is 2.10 bits per heavy atom. The Labute approximate surface area is 119 Å². The largest absolute Gasteiger partial charge is 0.484 e. The van der Waals surface area contributed by atoms with Crippen molar-refractivity contribution in [3.8, 4) is 5.75 Å². The molecule has 0 aliphatic heterocycles. The summed E-state index contributed by atoms with van der Waals surface area (Å²) in [7, 11) is 0. The second-order valence-corrected chi connectivity index (χ2v) is 5.19. The second-order valence-electron chi connectivity index (χ2n) is 4.22. The van der Waals surface area contributed by atoms with Crippen LogP contribution in [0.4, 0.5) is 8.78 Å².